The summed E-state index contributed by atoms with van der Waals surface area (Å²) in [4.78, 5) is 4.78. The van der Waals surface area contributed by atoms with Crippen molar-refractivity contribution in [3.63, 3.8) is 0 Å². The van der Waals surface area contributed by atoms with E-state index in [2.05, 4.69) is 64.3 Å². The van der Waals surface area contributed by atoms with Crippen LogP contribution in [0.25, 0.3) is 16.8 Å². The second-order valence-corrected chi connectivity index (χ2v) is 5.94. The van der Waals surface area contributed by atoms with E-state index < -0.39 is 0 Å². The summed E-state index contributed by atoms with van der Waals surface area (Å²) in [6.07, 6.45) is 6.24. The van der Waals surface area contributed by atoms with Gasteiger partial charge in [-0.25, -0.2) is 4.68 Å². The van der Waals surface area contributed by atoms with E-state index in [1.807, 2.05) is 11.7 Å². The molecular weight excluding hydrogens is 284 g/mol. The van der Waals surface area contributed by atoms with Crippen LogP contribution >= 0.6 is 0 Å². The van der Waals surface area contributed by atoms with Crippen molar-refractivity contribution in [3.8, 4) is 0 Å². The minimum Gasteiger partial charge on any atom is -0.294 e. The number of aryl methyl sites for hydroxylation is 1. The van der Waals surface area contributed by atoms with Crippen LogP contribution in [0.5, 0.6) is 0 Å². The SMILES string of the molecule is Cn1nc2n(c1=NCCc1ccc3ccccc3c1)CCC=C2. The summed E-state index contributed by atoms with van der Waals surface area (Å²) in [6, 6.07) is 15.1. The van der Waals surface area contributed by atoms with Crippen molar-refractivity contribution in [2.24, 2.45) is 12.0 Å². The number of nitrogens with zero attached hydrogens (tertiary/aromatic N) is 4. The predicted octanol–water partition coefficient (Wildman–Crippen LogP) is 2.94. The molecule has 4 rings (SSSR count). The highest BCUT2D eigenvalue weighted by molar-refractivity contribution is 5.82. The third kappa shape index (κ3) is 2.72. The lowest BCUT2D eigenvalue weighted by molar-refractivity contribution is 0.614. The molecule has 0 unspecified atom stereocenters. The molecule has 1 aliphatic rings. The highest BCUT2D eigenvalue weighted by atomic mass is 15.4. The summed E-state index contributed by atoms with van der Waals surface area (Å²) >= 11 is 0. The van der Waals surface area contributed by atoms with E-state index in [9.17, 15) is 0 Å². The molecule has 0 N–H and O–H groups in total. The molecule has 0 bridgehead atoms. The van der Waals surface area contributed by atoms with Gasteiger partial charge in [0.15, 0.2) is 5.82 Å². The molecular formula is C19H20N4. The van der Waals surface area contributed by atoms with Gasteiger partial charge in [0.25, 0.3) is 0 Å². The maximum absolute atomic E-state index is 4.78. The lowest BCUT2D eigenvalue weighted by Gasteiger charge is -2.06. The Morgan fingerprint density at radius 1 is 1.13 bits per heavy atom. The van der Waals surface area contributed by atoms with Crippen molar-refractivity contribution >= 4 is 16.8 Å². The first-order valence-corrected chi connectivity index (χ1v) is 8.10. The molecule has 23 heavy (non-hydrogen) atoms. The van der Waals surface area contributed by atoms with Gasteiger partial charge in [-0.2, -0.15) is 5.10 Å². The standard InChI is InChI=1S/C19H20N4/c1-22-19(23-13-5-4-8-18(23)21-22)20-12-11-15-9-10-16-6-2-3-7-17(16)14-15/h2-4,6-10,14H,5,11-13H2,1H3. The van der Waals surface area contributed by atoms with E-state index in [1.54, 1.807) is 0 Å². The van der Waals surface area contributed by atoms with E-state index in [1.165, 1.54) is 16.3 Å². The maximum Gasteiger partial charge on any atom is 0.223 e. The molecule has 0 saturated heterocycles. The highest BCUT2D eigenvalue weighted by Gasteiger charge is 2.09. The monoisotopic (exact) mass is 304 g/mol. The molecule has 0 radical (unpaired) electrons. The summed E-state index contributed by atoms with van der Waals surface area (Å²) in [7, 11) is 1.97. The molecule has 116 valence electrons. The van der Waals surface area contributed by atoms with Gasteiger partial charge in [0.05, 0.1) is 0 Å². The largest absolute Gasteiger partial charge is 0.294 e. The van der Waals surface area contributed by atoms with Gasteiger partial charge in [0.1, 0.15) is 0 Å². The molecule has 0 amide bonds. The first-order chi connectivity index (χ1) is 11.3. The lowest BCUT2D eigenvalue weighted by atomic mass is 10.1. The molecule has 3 aromatic rings. The van der Waals surface area contributed by atoms with E-state index in [4.69, 9.17) is 4.99 Å². The molecule has 1 aromatic heterocycles. The van der Waals surface area contributed by atoms with Gasteiger partial charge in [-0.3, -0.25) is 9.56 Å². The van der Waals surface area contributed by atoms with Crippen LogP contribution in [0.3, 0.4) is 0 Å². The Hall–Kier alpha value is -2.62. The van der Waals surface area contributed by atoms with Gasteiger partial charge >= 0.3 is 0 Å². The average molecular weight is 304 g/mol. The molecule has 0 fully saturated rings. The zero-order chi connectivity index (χ0) is 15.6. The van der Waals surface area contributed by atoms with Crippen LogP contribution < -0.4 is 5.62 Å². The zero-order valence-corrected chi connectivity index (χ0v) is 13.3. The van der Waals surface area contributed by atoms with Crippen LogP contribution in [0, 0.1) is 0 Å². The van der Waals surface area contributed by atoms with E-state index in [0.29, 0.717) is 0 Å². The number of rotatable bonds is 3. The fourth-order valence-corrected chi connectivity index (χ4v) is 3.13. The molecule has 1 aliphatic heterocycles. The maximum atomic E-state index is 4.78. The van der Waals surface area contributed by atoms with E-state index >= 15 is 0 Å². The van der Waals surface area contributed by atoms with Crippen molar-refractivity contribution in [2.45, 2.75) is 19.4 Å². The molecule has 2 aromatic carbocycles. The summed E-state index contributed by atoms with van der Waals surface area (Å²) in [5.74, 6) is 1.00. The van der Waals surface area contributed by atoms with Crippen LogP contribution in [-0.4, -0.2) is 20.9 Å². The van der Waals surface area contributed by atoms with Crippen LogP contribution in [0.1, 0.15) is 17.8 Å². The summed E-state index contributed by atoms with van der Waals surface area (Å²) in [6.45, 7) is 1.75. The number of allylic oxidation sites excluding steroid dienone is 1. The third-order valence-electron chi connectivity index (χ3n) is 4.31. The van der Waals surface area contributed by atoms with Gasteiger partial charge in [-0.15, -0.1) is 0 Å². The van der Waals surface area contributed by atoms with Crippen molar-refractivity contribution in [3.05, 3.63) is 65.5 Å². The van der Waals surface area contributed by atoms with Gasteiger partial charge in [0, 0.05) is 20.1 Å². The number of benzene rings is 2. The summed E-state index contributed by atoms with van der Waals surface area (Å²) in [5.41, 5.74) is 2.29. The fraction of sp³-hybridized carbons (Fsp3) is 0.263. The van der Waals surface area contributed by atoms with Gasteiger partial charge < -0.3 is 0 Å². The van der Waals surface area contributed by atoms with Crippen LogP contribution in [0.2, 0.25) is 0 Å². The molecule has 4 nitrogen and oxygen atoms in total. The fourth-order valence-electron chi connectivity index (χ4n) is 3.13. The molecule has 4 heteroatoms. The third-order valence-corrected chi connectivity index (χ3v) is 4.31. The van der Waals surface area contributed by atoms with Gasteiger partial charge in [0.2, 0.25) is 5.62 Å². The van der Waals surface area contributed by atoms with Crippen molar-refractivity contribution < 1.29 is 0 Å². The first-order valence-electron chi connectivity index (χ1n) is 8.10. The first kappa shape index (κ1) is 14.0. The summed E-state index contributed by atoms with van der Waals surface area (Å²) < 4.78 is 4.08. The van der Waals surface area contributed by atoms with Crippen molar-refractivity contribution in [2.75, 3.05) is 6.54 Å². The quantitative estimate of drug-likeness (QED) is 0.732. The molecule has 0 spiro atoms. The Labute approximate surface area is 135 Å². The van der Waals surface area contributed by atoms with Crippen LogP contribution in [0.4, 0.5) is 0 Å². The van der Waals surface area contributed by atoms with E-state index in [-0.39, 0.29) is 0 Å². The minimum atomic E-state index is 0.779. The number of aromatic nitrogens is 3. The Bertz CT molecular complexity index is 943. The molecule has 0 saturated carbocycles. The Balaban J connectivity index is 1.57. The Morgan fingerprint density at radius 2 is 2.00 bits per heavy atom. The molecule has 0 atom stereocenters. The summed E-state index contributed by atoms with van der Waals surface area (Å²) in [5, 5.41) is 7.10. The predicted molar refractivity (Wildman–Crippen MR) is 92.9 cm³/mol. The minimum absolute atomic E-state index is 0.779. The molecule has 2 heterocycles. The second kappa shape index (κ2) is 5.88. The number of hydrogen-bond donors (Lipinski definition) is 0. The smallest absolute Gasteiger partial charge is 0.223 e. The average Bonchev–Trinajstić information content (AvgIpc) is 2.90. The van der Waals surface area contributed by atoms with E-state index in [0.717, 1.165) is 37.4 Å². The lowest BCUT2D eigenvalue weighted by Crippen LogP contribution is -2.26. The van der Waals surface area contributed by atoms with Crippen LogP contribution in [-0.2, 0) is 20.0 Å². The topological polar surface area (TPSA) is 35.1 Å². The van der Waals surface area contributed by atoms with Gasteiger partial charge in [-0.1, -0.05) is 48.5 Å². The Kier molecular flexibility index (Phi) is 3.58. The number of hydrogen-bond acceptors (Lipinski definition) is 2. The van der Waals surface area contributed by atoms with Crippen molar-refractivity contribution in [1.29, 1.82) is 0 Å². The molecule has 0 aliphatic carbocycles. The van der Waals surface area contributed by atoms with Crippen LogP contribution in [0.15, 0.2) is 53.5 Å². The highest BCUT2D eigenvalue weighted by Crippen LogP contribution is 2.15. The van der Waals surface area contributed by atoms with Gasteiger partial charge in [-0.05, 0) is 35.3 Å². The normalized spacial score (nSPS) is 14.4. The zero-order valence-electron chi connectivity index (χ0n) is 13.3. The number of fused-ring (bicyclic) bond motifs is 2. The Morgan fingerprint density at radius 3 is 2.91 bits per heavy atom. The second-order valence-electron chi connectivity index (χ2n) is 5.94. The van der Waals surface area contributed by atoms with Crippen molar-refractivity contribution in [1.82, 2.24) is 14.3 Å².